The highest BCUT2D eigenvalue weighted by Crippen LogP contribution is 2.22. The van der Waals surface area contributed by atoms with Gasteiger partial charge in [-0.05, 0) is 25.7 Å². The van der Waals surface area contributed by atoms with Gasteiger partial charge in [-0.1, -0.05) is 0 Å². The second kappa shape index (κ2) is 4.84. The third-order valence-corrected chi connectivity index (χ3v) is 1.55. The first-order chi connectivity index (χ1) is 6.24. The highest BCUT2D eigenvalue weighted by atomic mass is 16.5. The van der Waals surface area contributed by atoms with Crippen molar-refractivity contribution >= 4 is 11.9 Å². The van der Waals surface area contributed by atoms with E-state index in [9.17, 15) is 9.59 Å². The van der Waals surface area contributed by atoms with Crippen LogP contribution in [0.1, 0.15) is 0 Å². The molecule has 0 aromatic heterocycles. The Labute approximate surface area is 77.6 Å². The topological polar surface area (TPSA) is 55.4 Å². The van der Waals surface area contributed by atoms with Gasteiger partial charge in [0, 0.05) is 0 Å². The lowest BCUT2D eigenvalue weighted by atomic mass is 10.1. The number of hydrogen-bond donors (Lipinski definition) is 1. The van der Waals surface area contributed by atoms with E-state index in [2.05, 4.69) is 10.1 Å². The third-order valence-electron chi connectivity index (χ3n) is 1.55. The number of amides is 1. The maximum Gasteiger partial charge on any atom is 0.325 e. The molecule has 0 spiro atoms. The molecular formula is C9H10NO3. The summed E-state index contributed by atoms with van der Waals surface area (Å²) in [5.74, 6) is -0.181. The van der Waals surface area contributed by atoms with Crippen LogP contribution in [-0.2, 0) is 14.3 Å². The molecule has 4 nitrogen and oxygen atoms in total. The molecule has 0 heterocycles. The minimum Gasteiger partial charge on any atom is -0.468 e. The molecule has 4 heteroatoms. The molecule has 1 aliphatic carbocycles. The highest BCUT2D eigenvalue weighted by Gasteiger charge is 2.24. The predicted molar refractivity (Wildman–Crippen MR) is 45.5 cm³/mol. The number of hydrogen-bond acceptors (Lipinski definition) is 3. The summed E-state index contributed by atoms with van der Waals surface area (Å²) in [4.78, 5) is 21.9. The van der Waals surface area contributed by atoms with Gasteiger partial charge in [0.2, 0.25) is 5.91 Å². The van der Waals surface area contributed by atoms with Gasteiger partial charge >= 0.3 is 5.97 Å². The Morgan fingerprint density at radius 1 is 1.38 bits per heavy atom. The van der Waals surface area contributed by atoms with Crippen molar-refractivity contribution < 1.29 is 14.3 Å². The average Bonchev–Trinajstić information content (AvgIpc) is 2.66. The van der Waals surface area contributed by atoms with E-state index in [4.69, 9.17) is 0 Å². The molecular weight excluding hydrogens is 170 g/mol. The average molecular weight is 180 g/mol. The Morgan fingerprint density at radius 2 is 2.00 bits per heavy atom. The molecule has 1 rings (SSSR count). The number of methoxy groups -OCH3 is 1. The molecule has 0 aliphatic heterocycles. The summed E-state index contributed by atoms with van der Waals surface area (Å²) < 4.78 is 4.36. The Bertz CT molecular complexity index is 197. The van der Waals surface area contributed by atoms with Crippen LogP contribution in [0.15, 0.2) is 0 Å². The van der Waals surface area contributed by atoms with Crippen LogP contribution in [0.5, 0.6) is 0 Å². The van der Waals surface area contributed by atoms with Gasteiger partial charge in [0.15, 0.2) is 0 Å². The van der Waals surface area contributed by atoms with Crippen molar-refractivity contribution in [3.8, 4) is 0 Å². The van der Waals surface area contributed by atoms with Gasteiger partial charge in [0.1, 0.15) is 6.54 Å². The van der Waals surface area contributed by atoms with Crippen molar-refractivity contribution in [1.29, 1.82) is 0 Å². The van der Waals surface area contributed by atoms with Gasteiger partial charge in [-0.3, -0.25) is 9.59 Å². The molecule has 1 fully saturated rings. The number of carbonyl (C=O) groups excluding carboxylic acids is 2. The molecule has 0 aromatic rings. The zero-order valence-electron chi connectivity index (χ0n) is 7.24. The van der Waals surface area contributed by atoms with Crippen LogP contribution in [-0.4, -0.2) is 25.5 Å². The SMILES string of the molecule is COC(=O)CNC(=O)[C]1[CH][CH][CH][CH]1. The van der Waals surface area contributed by atoms with Crippen molar-refractivity contribution in [3.05, 3.63) is 31.6 Å². The summed E-state index contributed by atoms with van der Waals surface area (Å²) in [7, 11) is 1.27. The van der Waals surface area contributed by atoms with E-state index in [0.717, 1.165) is 0 Å². The predicted octanol–water partition coefficient (Wildman–Crippen LogP) is -0.319. The second-order valence-electron chi connectivity index (χ2n) is 2.43. The first-order valence-corrected chi connectivity index (χ1v) is 3.81. The molecule has 1 amide bonds. The lowest BCUT2D eigenvalue weighted by molar-refractivity contribution is -0.140. The summed E-state index contributed by atoms with van der Waals surface area (Å²) in [5, 5.41) is 2.42. The van der Waals surface area contributed by atoms with E-state index < -0.39 is 5.97 Å². The van der Waals surface area contributed by atoms with Crippen LogP contribution < -0.4 is 5.32 Å². The van der Waals surface area contributed by atoms with E-state index in [1.54, 1.807) is 25.7 Å². The summed E-state index contributed by atoms with van der Waals surface area (Å²) in [6.07, 6.45) is 6.86. The number of rotatable bonds is 3. The van der Waals surface area contributed by atoms with E-state index in [1.807, 2.05) is 0 Å². The Morgan fingerprint density at radius 3 is 2.54 bits per heavy atom. The lowest BCUT2D eigenvalue weighted by Gasteiger charge is -2.07. The molecule has 1 N–H and O–H groups in total. The first-order valence-electron chi connectivity index (χ1n) is 3.81. The van der Waals surface area contributed by atoms with Gasteiger partial charge in [-0.25, -0.2) is 0 Å². The summed E-state index contributed by atoms with van der Waals surface area (Å²) >= 11 is 0. The van der Waals surface area contributed by atoms with E-state index in [0.29, 0.717) is 5.92 Å². The zero-order chi connectivity index (χ0) is 9.68. The standard InChI is InChI=1S/C9H10NO3/c1-13-8(11)6-10-9(12)7-4-2-3-5-7/h2-5H,6H2,1H3,(H,10,12). The minimum absolute atomic E-state index is 0.0967. The molecule has 1 saturated carbocycles. The van der Waals surface area contributed by atoms with Crippen molar-refractivity contribution in [2.45, 2.75) is 0 Å². The maximum atomic E-state index is 11.2. The fourth-order valence-corrected chi connectivity index (χ4v) is 0.852. The fourth-order valence-electron chi connectivity index (χ4n) is 0.852. The van der Waals surface area contributed by atoms with E-state index in [-0.39, 0.29) is 12.5 Å². The molecule has 1 aliphatic rings. The van der Waals surface area contributed by atoms with E-state index in [1.165, 1.54) is 7.11 Å². The zero-order valence-corrected chi connectivity index (χ0v) is 7.24. The quantitative estimate of drug-likeness (QED) is 0.605. The van der Waals surface area contributed by atoms with Crippen molar-refractivity contribution in [2.24, 2.45) is 0 Å². The number of esters is 1. The smallest absolute Gasteiger partial charge is 0.325 e. The Kier molecular flexibility index (Phi) is 3.73. The molecule has 5 radical (unpaired) electrons. The van der Waals surface area contributed by atoms with Gasteiger partial charge in [-0.15, -0.1) is 0 Å². The minimum atomic E-state index is -0.458. The van der Waals surface area contributed by atoms with Crippen molar-refractivity contribution in [3.63, 3.8) is 0 Å². The van der Waals surface area contributed by atoms with Gasteiger partial charge < -0.3 is 10.1 Å². The second-order valence-corrected chi connectivity index (χ2v) is 2.43. The Balaban J connectivity index is 2.20. The van der Waals surface area contributed by atoms with Gasteiger partial charge in [0.25, 0.3) is 0 Å². The molecule has 0 saturated heterocycles. The largest absolute Gasteiger partial charge is 0.468 e. The van der Waals surface area contributed by atoms with Gasteiger partial charge in [0.05, 0.1) is 13.0 Å². The van der Waals surface area contributed by atoms with E-state index >= 15 is 0 Å². The normalized spacial score (nSPS) is 17.0. The Hall–Kier alpha value is -1.06. The number of ether oxygens (including phenoxy) is 1. The van der Waals surface area contributed by atoms with Crippen LogP contribution in [0.3, 0.4) is 0 Å². The van der Waals surface area contributed by atoms with Crippen LogP contribution >= 0.6 is 0 Å². The summed E-state index contributed by atoms with van der Waals surface area (Å²) in [5.41, 5.74) is 0. The molecule has 0 atom stereocenters. The number of nitrogens with one attached hydrogen (secondary N) is 1. The van der Waals surface area contributed by atoms with Crippen LogP contribution in [0, 0.1) is 31.6 Å². The molecule has 0 unspecified atom stereocenters. The maximum absolute atomic E-state index is 11.2. The fraction of sp³-hybridized carbons (Fsp3) is 0.222. The molecule has 13 heavy (non-hydrogen) atoms. The molecule has 69 valence electrons. The summed E-state index contributed by atoms with van der Waals surface area (Å²) in [6, 6.07) is 0. The van der Waals surface area contributed by atoms with Gasteiger partial charge in [-0.2, -0.15) is 0 Å². The van der Waals surface area contributed by atoms with Crippen LogP contribution in [0.4, 0.5) is 0 Å². The summed E-state index contributed by atoms with van der Waals surface area (Å²) in [6.45, 7) is -0.0967. The number of carbonyl (C=O) groups is 2. The van der Waals surface area contributed by atoms with Crippen LogP contribution in [0.2, 0.25) is 0 Å². The highest BCUT2D eigenvalue weighted by molar-refractivity contribution is 5.97. The first kappa shape index (κ1) is 10.0. The van der Waals surface area contributed by atoms with Crippen LogP contribution in [0.25, 0.3) is 0 Å². The van der Waals surface area contributed by atoms with Crippen molar-refractivity contribution in [2.75, 3.05) is 13.7 Å². The monoisotopic (exact) mass is 180 g/mol. The molecule has 0 aromatic carbocycles. The lowest BCUT2D eigenvalue weighted by Crippen LogP contribution is -2.33. The van der Waals surface area contributed by atoms with Crippen molar-refractivity contribution in [1.82, 2.24) is 5.32 Å². The molecule has 0 bridgehead atoms. The third kappa shape index (κ3) is 3.05.